The molecule has 0 aromatic carbocycles. The number of nitrogens with zero attached hydrogens (tertiary/aromatic N) is 2. The van der Waals surface area contributed by atoms with E-state index in [2.05, 4.69) is 10.3 Å². The van der Waals surface area contributed by atoms with Gasteiger partial charge in [-0.25, -0.2) is 13.4 Å². The minimum Gasteiger partial charge on any atom is -0.377 e. The van der Waals surface area contributed by atoms with Gasteiger partial charge in [-0.05, 0) is 38.4 Å². The van der Waals surface area contributed by atoms with Crippen molar-refractivity contribution in [3.05, 3.63) is 23.9 Å². The molecule has 7 heteroatoms. The lowest BCUT2D eigenvalue weighted by Crippen LogP contribution is -2.43. The Labute approximate surface area is 126 Å². The lowest BCUT2D eigenvalue weighted by molar-refractivity contribution is 0.0264. The molecule has 0 bridgehead atoms. The highest BCUT2D eigenvalue weighted by molar-refractivity contribution is 7.89. The van der Waals surface area contributed by atoms with E-state index in [1.54, 1.807) is 18.3 Å². The molecule has 1 aliphatic heterocycles. The Morgan fingerprint density at radius 2 is 2.29 bits per heavy atom. The molecule has 1 aliphatic rings. The molecule has 0 radical (unpaired) electrons. The Morgan fingerprint density at radius 3 is 2.90 bits per heavy atom. The molecule has 2 rings (SSSR count). The summed E-state index contributed by atoms with van der Waals surface area (Å²) in [7, 11) is -1.68. The average Bonchev–Trinajstić information content (AvgIpc) is 2.49. The van der Waals surface area contributed by atoms with E-state index in [4.69, 9.17) is 4.74 Å². The Kier molecular flexibility index (Phi) is 5.69. The SMILES string of the molecule is CCOC1CCCN(S(=O)(=O)c2ccc(CNC)cn2)C1. The second kappa shape index (κ2) is 7.31. The van der Waals surface area contributed by atoms with Gasteiger partial charge < -0.3 is 10.1 Å². The van der Waals surface area contributed by atoms with E-state index in [0.717, 1.165) is 18.4 Å². The van der Waals surface area contributed by atoms with Gasteiger partial charge in [0, 0.05) is 32.4 Å². The van der Waals surface area contributed by atoms with E-state index in [-0.39, 0.29) is 11.1 Å². The van der Waals surface area contributed by atoms with Crippen molar-refractivity contribution in [1.29, 1.82) is 0 Å². The van der Waals surface area contributed by atoms with Crippen molar-refractivity contribution in [2.24, 2.45) is 0 Å². The first-order valence-corrected chi connectivity index (χ1v) is 8.73. The van der Waals surface area contributed by atoms with Gasteiger partial charge in [0.15, 0.2) is 5.03 Å². The fourth-order valence-electron chi connectivity index (χ4n) is 2.50. The van der Waals surface area contributed by atoms with Crippen LogP contribution in [0.2, 0.25) is 0 Å². The normalized spacial score (nSPS) is 20.6. The molecular formula is C14H23N3O3S. The smallest absolute Gasteiger partial charge is 0.260 e. The second-order valence-corrected chi connectivity index (χ2v) is 7.00. The highest BCUT2D eigenvalue weighted by atomic mass is 32.2. The van der Waals surface area contributed by atoms with E-state index in [1.165, 1.54) is 4.31 Å². The molecule has 2 heterocycles. The zero-order valence-electron chi connectivity index (χ0n) is 12.6. The molecule has 0 aliphatic carbocycles. The molecule has 21 heavy (non-hydrogen) atoms. The lowest BCUT2D eigenvalue weighted by Gasteiger charge is -2.31. The van der Waals surface area contributed by atoms with Gasteiger partial charge >= 0.3 is 0 Å². The number of piperidine rings is 1. The lowest BCUT2D eigenvalue weighted by atomic mass is 10.1. The van der Waals surface area contributed by atoms with E-state index < -0.39 is 10.0 Å². The van der Waals surface area contributed by atoms with E-state index in [0.29, 0.717) is 26.2 Å². The maximum Gasteiger partial charge on any atom is 0.260 e. The molecule has 0 saturated carbocycles. The summed E-state index contributed by atoms with van der Waals surface area (Å²) in [5.74, 6) is 0. The van der Waals surface area contributed by atoms with Gasteiger partial charge in [0.1, 0.15) is 0 Å². The number of ether oxygens (including phenoxy) is 1. The van der Waals surface area contributed by atoms with Crippen LogP contribution in [0.3, 0.4) is 0 Å². The van der Waals surface area contributed by atoms with Gasteiger partial charge in [-0.2, -0.15) is 4.31 Å². The van der Waals surface area contributed by atoms with Gasteiger partial charge in [-0.15, -0.1) is 0 Å². The fourth-order valence-corrected chi connectivity index (χ4v) is 3.92. The largest absolute Gasteiger partial charge is 0.377 e. The molecule has 1 atom stereocenters. The van der Waals surface area contributed by atoms with Crippen LogP contribution in [0, 0.1) is 0 Å². The van der Waals surface area contributed by atoms with E-state index in [1.807, 2.05) is 14.0 Å². The topological polar surface area (TPSA) is 71.5 Å². The molecular weight excluding hydrogens is 290 g/mol. The first-order valence-electron chi connectivity index (χ1n) is 7.29. The first kappa shape index (κ1) is 16.4. The van der Waals surface area contributed by atoms with Gasteiger partial charge in [-0.1, -0.05) is 6.07 Å². The fraction of sp³-hybridized carbons (Fsp3) is 0.643. The Balaban J connectivity index is 2.13. The molecule has 6 nitrogen and oxygen atoms in total. The average molecular weight is 313 g/mol. The number of hydrogen-bond donors (Lipinski definition) is 1. The highest BCUT2D eigenvalue weighted by Crippen LogP contribution is 2.21. The predicted molar refractivity (Wildman–Crippen MR) is 80.4 cm³/mol. The van der Waals surface area contributed by atoms with Crippen molar-refractivity contribution in [3.63, 3.8) is 0 Å². The summed E-state index contributed by atoms with van der Waals surface area (Å²) in [5.41, 5.74) is 0.960. The van der Waals surface area contributed by atoms with Gasteiger partial charge in [0.25, 0.3) is 10.0 Å². The molecule has 1 N–H and O–H groups in total. The minimum absolute atomic E-state index is 0.0120. The quantitative estimate of drug-likeness (QED) is 0.848. The summed E-state index contributed by atoms with van der Waals surface area (Å²) in [4.78, 5) is 4.10. The van der Waals surface area contributed by atoms with Gasteiger partial charge in [-0.3, -0.25) is 0 Å². The van der Waals surface area contributed by atoms with Gasteiger partial charge in [0.05, 0.1) is 6.10 Å². The predicted octanol–water partition coefficient (Wildman–Crippen LogP) is 0.991. The zero-order valence-corrected chi connectivity index (χ0v) is 13.4. The number of nitrogens with one attached hydrogen (secondary N) is 1. The van der Waals surface area contributed by atoms with E-state index in [9.17, 15) is 8.42 Å². The molecule has 1 aromatic heterocycles. The number of sulfonamides is 1. The van der Waals surface area contributed by atoms with Crippen LogP contribution in [-0.4, -0.2) is 50.6 Å². The summed E-state index contributed by atoms with van der Waals surface area (Å²) in [5, 5.41) is 3.12. The van der Waals surface area contributed by atoms with Crippen LogP contribution in [0.4, 0.5) is 0 Å². The third kappa shape index (κ3) is 4.00. The van der Waals surface area contributed by atoms with Crippen molar-refractivity contribution < 1.29 is 13.2 Å². The molecule has 0 amide bonds. The third-order valence-corrected chi connectivity index (χ3v) is 5.31. The standard InChI is InChI=1S/C14H23N3O3S/c1-3-20-13-5-4-8-17(11-13)21(18,19)14-7-6-12(9-15-2)10-16-14/h6-7,10,13,15H,3-5,8-9,11H2,1-2H3. The maximum atomic E-state index is 12.6. The Bertz CT molecular complexity index is 543. The van der Waals surface area contributed by atoms with Crippen molar-refractivity contribution >= 4 is 10.0 Å². The minimum atomic E-state index is -3.52. The van der Waals surface area contributed by atoms with Crippen molar-refractivity contribution in [2.45, 2.75) is 37.4 Å². The molecule has 1 unspecified atom stereocenters. The summed E-state index contributed by atoms with van der Waals surface area (Å²) in [6.45, 7) is 4.15. The highest BCUT2D eigenvalue weighted by Gasteiger charge is 2.31. The summed E-state index contributed by atoms with van der Waals surface area (Å²) < 4.78 is 32.2. The van der Waals surface area contributed by atoms with Crippen LogP contribution in [0.25, 0.3) is 0 Å². The third-order valence-electron chi connectivity index (χ3n) is 3.53. The van der Waals surface area contributed by atoms with Crippen LogP contribution in [-0.2, 0) is 21.3 Å². The number of rotatable bonds is 6. The van der Waals surface area contributed by atoms with Crippen LogP contribution >= 0.6 is 0 Å². The zero-order chi connectivity index (χ0) is 15.3. The van der Waals surface area contributed by atoms with Crippen molar-refractivity contribution in [2.75, 3.05) is 26.7 Å². The van der Waals surface area contributed by atoms with Crippen LogP contribution < -0.4 is 5.32 Å². The monoisotopic (exact) mass is 313 g/mol. The number of hydrogen-bond acceptors (Lipinski definition) is 5. The Morgan fingerprint density at radius 1 is 1.48 bits per heavy atom. The summed E-state index contributed by atoms with van der Waals surface area (Å²) >= 11 is 0. The molecule has 118 valence electrons. The van der Waals surface area contributed by atoms with Crippen LogP contribution in [0.5, 0.6) is 0 Å². The molecule has 1 fully saturated rings. The molecule has 0 spiro atoms. The van der Waals surface area contributed by atoms with Crippen LogP contribution in [0.15, 0.2) is 23.4 Å². The second-order valence-electron chi connectivity index (χ2n) is 5.12. The Hall–Kier alpha value is -1.02. The number of aromatic nitrogens is 1. The van der Waals surface area contributed by atoms with E-state index >= 15 is 0 Å². The number of pyridine rings is 1. The van der Waals surface area contributed by atoms with Gasteiger partial charge in [0.2, 0.25) is 0 Å². The van der Waals surface area contributed by atoms with Crippen LogP contribution in [0.1, 0.15) is 25.3 Å². The molecule has 1 saturated heterocycles. The molecule has 1 aromatic rings. The summed E-state index contributed by atoms with van der Waals surface area (Å²) in [6, 6.07) is 3.37. The van der Waals surface area contributed by atoms with Crippen molar-refractivity contribution in [3.8, 4) is 0 Å². The first-order chi connectivity index (χ1) is 10.1. The van der Waals surface area contributed by atoms with Crippen molar-refractivity contribution in [1.82, 2.24) is 14.6 Å². The summed E-state index contributed by atoms with van der Waals surface area (Å²) in [6.07, 6.45) is 3.32. The maximum absolute atomic E-state index is 12.6.